The Morgan fingerprint density at radius 2 is 2.17 bits per heavy atom. The number of rotatable bonds is 3. The summed E-state index contributed by atoms with van der Waals surface area (Å²) in [7, 11) is 0. The van der Waals surface area contributed by atoms with Crippen molar-refractivity contribution in [2.75, 3.05) is 0 Å². The lowest BCUT2D eigenvalue weighted by molar-refractivity contribution is 0.642. The van der Waals surface area contributed by atoms with Gasteiger partial charge in [0.1, 0.15) is 4.60 Å². The first-order chi connectivity index (χ1) is 5.59. The molecular formula is C8H12BrNS2. The molecule has 1 unspecified atom stereocenters. The maximum Gasteiger partial charge on any atom is 0.151 e. The number of halogens is 1. The molecule has 0 saturated carbocycles. The van der Waals surface area contributed by atoms with Gasteiger partial charge in [0.05, 0.1) is 0 Å². The number of thiazole rings is 1. The van der Waals surface area contributed by atoms with E-state index in [1.54, 1.807) is 11.3 Å². The summed E-state index contributed by atoms with van der Waals surface area (Å²) in [6.07, 6.45) is 0. The second-order valence-electron chi connectivity index (χ2n) is 3.00. The molecule has 1 nitrogen and oxygen atoms in total. The molecule has 1 rings (SSSR count). The first-order valence-corrected chi connectivity index (χ1v) is 6.42. The minimum absolute atomic E-state index is 0.642. The lowest BCUT2D eigenvalue weighted by Gasteiger charge is -2.12. The van der Waals surface area contributed by atoms with Crippen molar-refractivity contribution in [1.82, 2.24) is 4.98 Å². The predicted molar refractivity (Wildman–Crippen MR) is 60.0 cm³/mol. The monoisotopic (exact) mass is 265 g/mol. The summed E-state index contributed by atoms with van der Waals surface area (Å²) in [6.45, 7) is 6.71. The number of thioether (sulfide) groups is 1. The molecule has 0 aromatic carbocycles. The molecule has 0 aliphatic heterocycles. The molecule has 4 heteroatoms. The molecule has 68 valence electrons. The van der Waals surface area contributed by atoms with Crippen molar-refractivity contribution in [2.45, 2.75) is 30.4 Å². The van der Waals surface area contributed by atoms with E-state index in [1.807, 2.05) is 17.1 Å². The molecule has 1 heterocycles. The Labute approximate surface area is 90.1 Å². The lowest BCUT2D eigenvalue weighted by atomic mass is 10.2. The van der Waals surface area contributed by atoms with Gasteiger partial charge in [-0.3, -0.25) is 0 Å². The van der Waals surface area contributed by atoms with Crippen LogP contribution in [0.4, 0.5) is 0 Å². The molecule has 0 N–H and O–H groups in total. The van der Waals surface area contributed by atoms with Crippen LogP contribution in [-0.2, 0) is 0 Å². The molecule has 0 amide bonds. The van der Waals surface area contributed by atoms with Crippen LogP contribution < -0.4 is 0 Å². The summed E-state index contributed by atoms with van der Waals surface area (Å²) < 4.78 is 2.11. The van der Waals surface area contributed by atoms with Crippen LogP contribution in [0.1, 0.15) is 20.8 Å². The second-order valence-corrected chi connectivity index (χ2v) is 6.30. The van der Waals surface area contributed by atoms with Crippen molar-refractivity contribution < 1.29 is 0 Å². The molecule has 12 heavy (non-hydrogen) atoms. The van der Waals surface area contributed by atoms with Crippen molar-refractivity contribution in [3.05, 3.63) is 9.98 Å². The molecule has 1 atom stereocenters. The van der Waals surface area contributed by atoms with Gasteiger partial charge in [0.2, 0.25) is 0 Å². The smallest absolute Gasteiger partial charge is 0.151 e. The van der Waals surface area contributed by atoms with E-state index in [0.717, 1.165) is 8.94 Å². The van der Waals surface area contributed by atoms with Crippen molar-refractivity contribution in [3.63, 3.8) is 0 Å². The maximum absolute atomic E-state index is 4.33. The van der Waals surface area contributed by atoms with Crippen LogP contribution in [-0.4, -0.2) is 10.2 Å². The van der Waals surface area contributed by atoms with E-state index in [1.165, 1.54) is 0 Å². The third kappa shape index (κ3) is 3.07. The summed E-state index contributed by atoms with van der Waals surface area (Å²) >= 11 is 6.90. The topological polar surface area (TPSA) is 12.9 Å². The third-order valence-electron chi connectivity index (χ3n) is 1.68. The van der Waals surface area contributed by atoms with Crippen molar-refractivity contribution in [3.8, 4) is 0 Å². The minimum Gasteiger partial charge on any atom is -0.223 e. The van der Waals surface area contributed by atoms with E-state index >= 15 is 0 Å². The zero-order chi connectivity index (χ0) is 9.14. The van der Waals surface area contributed by atoms with Gasteiger partial charge in [0, 0.05) is 10.6 Å². The molecule has 0 saturated heterocycles. The average molecular weight is 266 g/mol. The maximum atomic E-state index is 4.33. The molecule has 0 fully saturated rings. The molecule has 0 radical (unpaired) electrons. The summed E-state index contributed by atoms with van der Waals surface area (Å²) in [6, 6.07) is 0. The summed E-state index contributed by atoms with van der Waals surface area (Å²) in [5.74, 6) is 0.706. The highest BCUT2D eigenvalue weighted by Crippen LogP contribution is 2.31. The van der Waals surface area contributed by atoms with E-state index in [2.05, 4.69) is 41.7 Å². The van der Waals surface area contributed by atoms with E-state index in [-0.39, 0.29) is 0 Å². The van der Waals surface area contributed by atoms with Gasteiger partial charge >= 0.3 is 0 Å². The standard InChI is InChI=1S/C8H12BrNS2/c1-5(2)6(3)12-8-10-7(9)4-11-8/h4-6H,1-3H3. The first-order valence-electron chi connectivity index (χ1n) is 3.87. The Morgan fingerprint density at radius 3 is 2.58 bits per heavy atom. The zero-order valence-electron chi connectivity index (χ0n) is 7.37. The van der Waals surface area contributed by atoms with Gasteiger partial charge in [-0.25, -0.2) is 4.98 Å². The van der Waals surface area contributed by atoms with Gasteiger partial charge in [0.15, 0.2) is 4.34 Å². The highest BCUT2D eigenvalue weighted by atomic mass is 79.9. The van der Waals surface area contributed by atoms with Crippen LogP contribution in [0.15, 0.2) is 14.3 Å². The largest absolute Gasteiger partial charge is 0.223 e. The van der Waals surface area contributed by atoms with Gasteiger partial charge in [0.25, 0.3) is 0 Å². The number of aromatic nitrogens is 1. The van der Waals surface area contributed by atoms with Crippen molar-refractivity contribution in [2.24, 2.45) is 5.92 Å². The van der Waals surface area contributed by atoms with Crippen LogP contribution in [0, 0.1) is 5.92 Å². The van der Waals surface area contributed by atoms with Gasteiger partial charge in [-0.05, 0) is 21.8 Å². The third-order valence-corrected chi connectivity index (χ3v) is 4.81. The number of hydrogen-bond acceptors (Lipinski definition) is 3. The van der Waals surface area contributed by atoms with E-state index in [0.29, 0.717) is 11.2 Å². The van der Waals surface area contributed by atoms with Crippen LogP contribution in [0.25, 0.3) is 0 Å². The Hall–Kier alpha value is 0.460. The summed E-state index contributed by atoms with van der Waals surface area (Å²) in [5, 5.41) is 2.66. The zero-order valence-corrected chi connectivity index (χ0v) is 10.6. The second kappa shape index (κ2) is 4.63. The normalized spacial score (nSPS) is 13.8. The quantitative estimate of drug-likeness (QED) is 0.766. The molecule has 0 aliphatic rings. The highest BCUT2D eigenvalue weighted by Gasteiger charge is 2.10. The molecule has 0 spiro atoms. The highest BCUT2D eigenvalue weighted by molar-refractivity contribution is 9.10. The van der Waals surface area contributed by atoms with E-state index in [9.17, 15) is 0 Å². The summed E-state index contributed by atoms with van der Waals surface area (Å²) in [5.41, 5.74) is 0. The van der Waals surface area contributed by atoms with Gasteiger partial charge in [-0.1, -0.05) is 32.5 Å². The number of nitrogens with zero attached hydrogens (tertiary/aromatic N) is 1. The van der Waals surface area contributed by atoms with Crippen molar-refractivity contribution in [1.29, 1.82) is 0 Å². The Bertz CT molecular complexity index is 247. The van der Waals surface area contributed by atoms with E-state index < -0.39 is 0 Å². The van der Waals surface area contributed by atoms with Crippen LogP contribution >= 0.6 is 39.0 Å². The predicted octanol–water partition coefficient (Wildman–Crippen LogP) is 4.04. The summed E-state index contributed by atoms with van der Waals surface area (Å²) in [4.78, 5) is 4.33. The Balaban J connectivity index is 2.52. The molecule has 1 aromatic rings. The molecular weight excluding hydrogens is 254 g/mol. The lowest BCUT2D eigenvalue weighted by Crippen LogP contribution is -2.04. The fourth-order valence-corrected chi connectivity index (χ4v) is 3.25. The van der Waals surface area contributed by atoms with Crippen LogP contribution in [0.3, 0.4) is 0 Å². The average Bonchev–Trinajstić information content (AvgIpc) is 2.35. The van der Waals surface area contributed by atoms with Crippen LogP contribution in [0.2, 0.25) is 0 Å². The fraction of sp³-hybridized carbons (Fsp3) is 0.625. The molecule has 0 aliphatic carbocycles. The van der Waals surface area contributed by atoms with Crippen LogP contribution in [0.5, 0.6) is 0 Å². The molecule has 1 aromatic heterocycles. The Morgan fingerprint density at radius 1 is 1.50 bits per heavy atom. The number of hydrogen-bond donors (Lipinski definition) is 0. The van der Waals surface area contributed by atoms with Gasteiger partial charge < -0.3 is 0 Å². The minimum atomic E-state index is 0.642. The fourth-order valence-electron chi connectivity index (χ4n) is 0.588. The first kappa shape index (κ1) is 10.5. The molecule has 0 bridgehead atoms. The SMILES string of the molecule is CC(C)C(C)Sc1nc(Br)cs1. The van der Waals surface area contributed by atoms with E-state index in [4.69, 9.17) is 0 Å². The van der Waals surface area contributed by atoms with Gasteiger partial charge in [-0.15, -0.1) is 11.3 Å². The van der Waals surface area contributed by atoms with Crippen molar-refractivity contribution >= 4 is 39.0 Å². The Kier molecular flexibility index (Phi) is 4.06. The van der Waals surface area contributed by atoms with Gasteiger partial charge in [-0.2, -0.15) is 0 Å².